The van der Waals surface area contributed by atoms with E-state index in [4.69, 9.17) is 21.1 Å². The monoisotopic (exact) mass is 868 g/mol. The van der Waals surface area contributed by atoms with Gasteiger partial charge in [0, 0.05) is 48.4 Å². The van der Waals surface area contributed by atoms with Gasteiger partial charge in [-0.3, -0.25) is 29.5 Å². The van der Waals surface area contributed by atoms with Gasteiger partial charge in [0.1, 0.15) is 23.1 Å². The van der Waals surface area contributed by atoms with E-state index < -0.39 is 58.5 Å². The van der Waals surface area contributed by atoms with Crippen molar-refractivity contribution in [3.63, 3.8) is 0 Å². The minimum absolute atomic E-state index is 0.000760. The smallest absolute Gasteiger partial charge is 0.260 e. The molecule has 0 spiro atoms. The first-order valence-electron chi connectivity index (χ1n) is 20.3. The van der Waals surface area contributed by atoms with Crippen molar-refractivity contribution < 1.29 is 38.1 Å². The van der Waals surface area contributed by atoms with Crippen LogP contribution < -0.4 is 24.7 Å². The third kappa shape index (κ3) is 6.76. The molecule has 2 heterocycles. The molecule has 2 aliphatic heterocycles. The van der Waals surface area contributed by atoms with Crippen molar-refractivity contribution >= 4 is 63.7 Å². The Morgan fingerprint density at radius 2 is 1.46 bits per heavy atom. The Labute approximate surface area is 367 Å². The van der Waals surface area contributed by atoms with Gasteiger partial charge in [-0.15, -0.1) is 0 Å². The molecule has 0 bridgehead atoms. The van der Waals surface area contributed by atoms with Crippen LogP contribution in [0.25, 0.3) is 0 Å². The number of rotatable bonds is 10. The molecule has 2 aliphatic carbocycles. The summed E-state index contributed by atoms with van der Waals surface area (Å²) < 4.78 is 25.4. The molecule has 0 radical (unpaired) electrons. The van der Waals surface area contributed by atoms with Crippen LogP contribution in [0.3, 0.4) is 0 Å². The van der Waals surface area contributed by atoms with Crippen molar-refractivity contribution in [2.24, 2.45) is 33.9 Å². The maximum absolute atomic E-state index is 15.5. The van der Waals surface area contributed by atoms with Crippen molar-refractivity contribution in [2.45, 2.75) is 24.2 Å². The van der Waals surface area contributed by atoms with Crippen LogP contribution in [0.2, 0.25) is 5.02 Å². The maximum atomic E-state index is 15.5. The van der Waals surface area contributed by atoms with Crippen molar-refractivity contribution in [1.29, 1.82) is 0 Å². The Morgan fingerprint density at radius 3 is 2.08 bits per heavy atom. The number of amides is 4. The zero-order valence-corrected chi connectivity index (χ0v) is 35.4. The summed E-state index contributed by atoms with van der Waals surface area (Å²) in [6.07, 6.45) is 2.02. The Bertz CT molecular complexity index is 2710. The second-order valence-corrected chi connectivity index (χ2v) is 16.7. The van der Waals surface area contributed by atoms with E-state index in [9.17, 15) is 19.1 Å². The fourth-order valence-corrected chi connectivity index (χ4v) is 10.1. The molecule has 1 saturated carbocycles. The number of halogens is 2. The molecule has 6 unspecified atom stereocenters. The van der Waals surface area contributed by atoms with Crippen molar-refractivity contribution in [1.82, 2.24) is 5.01 Å². The first-order valence-corrected chi connectivity index (χ1v) is 20.7. The molecule has 6 atom stereocenters. The average molecular weight is 869 g/mol. The van der Waals surface area contributed by atoms with Gasteiger partial charge in [0.2, 0.25) is 11.8 Å². The van der Waals surface area contributed by atoms with Crippen LogP contribution >= 0.6 is 11.6 Å². The number of ether oxygens (including phenoxy) is 2. The second-order valence-electron chi connectivity index (χ2n) is 16.3. The highest BCUT2D eigenvalue weighted by atomic mass is 35.5. The Balaban J connectivity index is 1.14. The largest absolute Gasteiger partial charge is 0.507 e. The average Bonchev–Trinajstić information content (AvgIpc) is 3.67. The minimum Gasteiger partial charge on any atom is -0.507 e. The minimum atomic E-state index is -1.74. The molecule has 0 aromatic heterocycles. The normalized spacial score (nSPS) is 24.0. The summed E-state index contributed by atoms with van der Waals surface area (Å²) in [6, 6.07) is 29.1. The van der Waals surface area contributed by atoms with Crippen molar-refractivity contribution in [3.8, 4) is 17.2 Å². The molecule has 3 fully saturated rings. The van der Waals surface area contributed by atoms with E-state index in [1.165, 1.54) is 49.5 Å². The molecular formula is C48H42ClFN6O7. The Morgan fingerprint density at radius 1 is 0.810 bits per heavy atom. The lowest BCUT2D eigenvalue weighted by molar-refractivity contribution is -0.138. The van der Waals surface area contributed by atoms with Gasteiger partial charge >= 0.3 is 0 Å². The maximum Gasteiger partial charge on any atom is 0.260 e. The van der Waals surface area contributed by atoms with Crippen LogP contribution in [-0.2, 0) is 24.6 Å². The predicted molar refractivity (Wildman–Crippen MR) is 234 cm³/mol. The quantitative estimate of drug-likeness (QED) is 0.0796. The van der Waals surface area contributed by atoms with E-state index in [1.807, 2.05) is 49.3 Å². The fourth-order valence-electron chi connectivity index (χ4n) is 9.99. The summed E-state index contributed by atoms with van der Waals surface area (Å²) in [5.41, 5.74) is 5.24. The van der Waals surface area contributed by atoms with E-state index >= 15 is 9.59 Å². The highest BCUT2D eigenvalue weighted by Gasteiger charge is 2.71. The van der Waals surface area contributed by atoms with E-state index in [1.54, 1.807) is 54.6 Å². The fraction of sp³-hybridized carbons (Fsp3) is 0.250. The third-order valence-electron chi connectivity index (χ3n) is 12.8. The molecule has 4 aliphatic rings. The standard InChI is InChI=1S/C48H42ClFN6O7/c1-54(2)32-17-13-29(14-18-32)51-52-30-15-19-33(20-16-30)55-44(58)36-22-21-35-37(41(36)46(55)60)25-38-45(59)56(53-31-11-9-28(50)10-12-31)47(61)48(38,26-5-7-27(49)8-6-26)43(35)42-39(57)23-34(62-3)24-40(42)63-4/h5-21,23-24,36-38,41,43,53,57H,22,25H2,1-4H3. The molecule has 13 nitrogen and oxygen atoms in total. The van der Waals surface area contributed by atoms with Gasteiger partial charge in [-0.1, -0.05) is 35.4 Å². The number of carbonyl (C=O) groups is 4. The highest BCUT2D eigenvalue weighted by molar-refractivity contribution is 6.30. The zero-order chi connectivity index (χ0) is 44.3. The third-order valence-corrected chi connectivity index (χ3v) is 13.1. The highest BCUT2D eigenvalue weighted by Crippen LogP contribution is 2.66. The van der Waals surface area contributed by atoms with E-state index in [-0.39, 0.29) is 47.2 Å². The van der Waals surface area contributed by atoms with Crippen molar-refractivity contribution in [2.75, 3.05) is 43.5 Å². The van der Waals surface area contributed by atoms with Crippen LogP contribution in [0.5, 0.6) is 17.2 Å². The lowest BCUT2D eigenvalue weighted by Gasteiger charge is -2.50. The number of nitrogens with zero attached hydrogens (tertiary/aromatic N) is 5. The number of imide groups is 2. The molecule has 5 aromatic rings. The first kappa shape index (κ1) is 41.3. The van der Waals surface area contributed by atoms with Crippen LogP contribution in [0.4, 0.5) is 32.8 Å². The number of hydrogen-bond donors (Lipinski definition) is 2. The lowest BCUT2D eigenvalue weighted by Crippen LogP contribution is -2.53. The number of hydrazine groups is 1. The second kappa shape index (κ2) is 16.0. The summed E-state index contributed by atoms with van der Waals surface area (Å²) in [6.45, 7) is 0. The molecule has 9 rings (SSSR count). The number of carbonyl (C=O) groups excluding carboxylic acids is 4. The van der Waals surface area contributed by atoms with E-state index in [2.05, 4.69) is 15.7 Å². The number of methoxy groups -OCH3 is 2. The van der Waals surface area contributed by atoms with Gasteiger partial charge in [0.05, 0.1) is 60.1 Å². The number of anilines is 3. The number of phenolic OH excluding ortho intramolecular Hbond substituents is 1. The zero-order valence-electron chi connectivity index (χ0n) is 34.7. The van der Waals surface area contributed by atoms with Gasteiger partial charge in [0.15, 0.2) is 0 Å². The molecule has 15 heteroatoms. The van der Waals surface area contributed by atoms with Gasteiger partial charge in [-0.25, -0.2) is 4.39 Å². The Hall–Kier alpha value is -7.06. The molecule has 5 aromatic carbocycles. The van der Waals surface area contributed by atoms with Crippen molar-refractivity contribution in [3.05, 3.63) is 143 Å². The number of nitrogens with one attached hydrogen (secondary N) is 1. The SMILES string of the molecule is COc1cc(O)c(C2C3=CCC4C(=O)N(c5ccc(N=Nc6ccc(N(C)C)cc6)cc5)C(=O)C4C3CC3C(=O)N(Nc4ccc(F)cc4)C(=O)C32c2ccc(Cl)cc2)c(OC)c1. The lowest BCUT2D eigenvalue weighted by atomic mass is 9.49. The topological polar surface area (TPSA) is 153 Å². The molecular weight excluding hydrogens is 827 g/mol. The molecule has 4 amide bonds. The number of hydrogen-bond acceptors (Lipinski definition) is 11. The number of allylic oxidation sites excluding steroid dienone is 2. The van der Waals surface area contributed by atoms with Gasteiger partial charge in [-0.05, 0) is 109 Å². The summed E-state index contributed by atoms with van der Waals surface area (Å²) in [5.74, 6) is -7.08. The number of aromatic hydroxyl groups is 1. The molecule has 320 valence electrons. The Kier molecular flexibility index (Phi) is 10.5. The van der Waals surface area contributed by atoms with Gasteiger partial charge in [-0.2, -0.15) is 15.2 Å². The van der Waals surface area contributed by atoms with Gasteiger partial charge < -0.3 is 19.5 Å². The van der Waals surface area contributed by atoms with E-state index in [0.717, 1.165) is 10.7 Å². The molecule has 2 saturated heterocycles. The first-order chi connectivity index (χ1) is 30.3. The van der Waals surface area contributed by atoms with E-state index in [0.29, 0.717) is 33.2 Å². The van der Waals surface area contributed by atoms with Crippen LogP contribution in [0.1, 0.15) is 29.9 Å². The van der Waals surface area contributed by atoms with Gasteiger partial charge in [0.25, 0.3) is 11.8 Å². The number of phenols is 1. The number of fused-ring (bicyclic) bond motifs is 4. The molecule has 2 N–H and O–H groups in total. The summed E-state index contributed by atoms with van der Waals surface area (Å²) in [4.78, 5) is 63.0. The summed E-state index contributed by atoms with van der Waals surface area (Å²) in [5, 5.41) is 22.0. The van der Waals surface area contributed by atoms with Crippen LogP contribution in [0, 0.1) is 29.5 Å². The van der Waals surface area contributed by atoms with Crippen LogP contribution in [-0.4, -0.2) is 62.1 Å². The predicted octanol–water partition coefficient (Wildman–Crippen LogP) is 8.87. The summed E-state index contributed by atoms with van der Waals surface area (Å²) in [7, 11) is 6.76. The van der Waals surface area contributed by atoms with Crippen LogP contribution in [0.15, 0.2) is 131 Å². The number of benzene rings is 5. The molecule has 63 heavy (non-hydrogen) atoms. The number of azo groups is 1. The summed E-state index contributed by atoms with van der Waals surface area (Å²) >= 11 is 6.42.